The lowest BCUT2D eigenvalue weighted by atomic mass is 10.0. The van der Waals surface area contributed by atoms with E-state index >= 15 is 0 Å². The van der Waals surface area contributed by atoms with E-state index in [-0.39, 0.29) is 0 Å². The van der Waals surface area contributed by atoms with Gasteiger partial charge in [-0.15, -0.1) is 0 Å². The molecule has 2 heteroatoms. The molecule has 0 radical (unpaired) electrons. The van der Waals surface area contributed by atoms with Crippen molar-refractivity contribution in [2.45, 2.75) is 213 Å². The van der Waals surface area contributed by atoms with Gasteiger partial charge in [-0.25, -0.2) is 0 Å². The molecule has 0 aliphatic carbocycles. The fraction of sp³-hybridized carbons (Fsp3) is 0.810. The van der Waals surface area contributed by atoms with Crippen LogP contribution in [0.4, 0.5) is 0 Å². The van der Waals surface area contributed by atoms with Crippen molar-refractivity contribution in [3.63, 3.8) is 0 Å². The lowest BCUT2D eigenvalue weighted by Crippen LogP contribution is -2.38. The van der Waals surface area contributed by atoms with Crippen molar-refractivity contribution in [2.75, 3.05) is 6.54 Å². The number of nitrogens with zero attached hydrogens (tertiary/aromatic N) is 2. The molecule has 1 aliphatic heterocycles. The lowest BCUT2D eigenvalue weighted by molar-refractivity contribution is 0.132. The molecule has 1 aromatic carbocycles. The Hall–Kier alpha value is -1.44. The highest BCUT2D eigenvalue weighted by Crippen LogP contribution is 2.25. The van der Waals surface area contributed by atoms with E-state index in [1.165, 1.54) is 198 Å². The van der Waals surface area contributed by atoms with Crippen LogP contribution in [0.1, 0.15) is 206 Å². The zero-order valence-corrected chi connectivity index (χ0v) is 29.9. The van der Waals surface area contributed by atoms with E-state index in [2.05, 4.69) is 66.4 Å². The molecule has 0 aromatic heterocycles. The predicted octanol–water partition coefficient (Wildman–Crippen LogP) is 14.0. The van der Waals surface area contributed by atoms with Crippen LogP contribution in [0.3, 0.4) is 0 Å². The van der Waals surface area contributed by atoms with Gasteiger partial charge < -0.3 is 9.80 Å². The maximum Gasteiger partial charge on any atom is 0.101 e. The molecule has 2 rings (SSSR count). The molecule has 0 saturated heterocycles. The Morgan fingerprint density at radius 3 is 1.20 bits per heavy atom. The smallest absolute Gasteiger partial charge is 0.101 e. The van der Waals surface area contributed by atoms with Crippen LogP contribution in [0, 0.1) is 0 Å². The van der Waals surface area contributed by atoms with E-state index in [4.69, 9.17) is 0 Å². The molecule has 2 nitrogen and oxygen atoms in total. The van der Waals surface area contributed by atoms with Crippen molar-refractivity contribution in [3.05, 3.63) is 48.3 Å². The van der Waals surface area contributed by atoms with Gasteiger partial charge in [0.2, 0.25) is 0 Å². The third-order valence-corrected chi connectivity index (χ3v) is 10.0. The molecule has 0 spiro atoms. The van der Waals surface area contributed by atoms with Gasteiger partial charge in [-0.2, -0.15) is 0 Å². The largest absolute Gasteiger partial charge is 0.356 e. The topological polar surface area (TPSA) is 6.48 Å². The normalized spacial score (nSPS) is 14.7. The van der Waals surface area contributed by atoms with Crippen LogP contribution in [0.15, 0.2) is 42.7 Å². The monoisotopic (exact) mass is 609 g/mol. The molecule has 44 heavy (non-hydrogen) atoms. The van der Waals surface area contributed by atoms with Crippen molar-refractivity contribution in [2.24, 2.45) is 0 Å². The highest BCUT2D eigenvalue weighted by Gasteiger charge is 2.25. The van der Waals surface area contributed by atoms with E-state index in [9.17, 15) is 0 Å². The van der Waals surface area contributed by atoms with Crippen LogP contribution >= 0.6 is 0 Å². The molecule has 1 atom stereocenters. The Morgan fingerprint density at radius 1 is 0.409 bits per heavy atom. The van der Waals surface area contributed by atoms with Crippen LogP contribution in [0.25, 0.3) is 0 Å². The number of rotatable bonds is 32. The van der Waals surface area contributed by atoms with E-state index in [0.717, 1.165) is 6.54 Å². The van der Waals surface area contributed by atoms with Crippen LogP contribution in [0.5, 0.6) is 0 Å². The van der Waals surface area contributed by atoms with E-state index in [0.29, 0.717) is 6.17 Å². The first-order chi connectivity index (χ1) is 21.8. The Morgan fingerprint density at radius 2 is 0.773 bits per heavy atom. The number of unbranched alkanes of at least 4 members (excludes halogenated alkanes) is 26. The molecule has 0 amide bonds. The first kappa shape index (κ1) is 38.7. The fourth-order valence-corrected chi connectivity index (χ4v) is 7.08. The maximum absolute atomic E-state index is 2.67. The van der Waals surface area contributed by atoms with Gasteiger partial charge in [0.25, 0.3) is 0 Å². The quantitative estimate of drug-likeness (QED) is 0.0751. The first-order valence-corrected chi connectivity index (χ1v) is 20.1. The Kier molecular flexibility index (Phi) is 25.5. The lowest BCUT2D eigenvalue weighted by Gasteiger charge is -2.33. The van der Waals surface area contributed by atoms with Crippen molar-refractivity contribution >= 4 is 0 Å². The van der Waals surface area contributed by atoms with E-state index in [1.807, 2.05) is 0 Å². The van der Waals surface area contributed by atoms with Gasteiger partial charge in [0.05, 0.1) is 0 Å². The summed E-state index contributed by atoms with van der Waals surface area (Å²) in [5, 5.41) is 0. The summed E-state index contributed by atoms with van der Waals surface area (Å²) in [6.07, 6.45) is 46.8. The van der Waals surface area contributed by atoms with Crippen molar-refractivity contribution in [1.82, 2.24) is 9.80 Å². The molecule has 1 heterocycles. The highest BCUT2D eigenvalue weighted by molar-refractivity contribution is 5.16. The van der Waals surface area contributed by atoms with Crippen LogP contribution in [0.2, 0.25) is 0 Å². The van der Waals surface area contributed by atoms with Gasteiger partial charge in [0.15, 0.2) is 0 Å². The summed E-state index contributed by atoms with van der Waals surface area (Å²) in [6, 6.07) is 11.1. The minimum absolute atomic E-state index is 0.551. The summed E-state index contributed by atoms with van der Waals surface area (Å²) in [5.74, 6) is 0. The molecule has 0 bridgehead atoms. The molecule has 254 valence electrons. The maximum atomic E-state index is 2.67. The average Bonchev–Trinajstić information content (AvgIpc) is 3.42. The Balaban J connectivity index is 1.51. The Labute approximate surface area is 276 Å². The molecular weight excluding hydrogens is 532 g/mol. The van der Waals surface area contributed by atoms with Crippen LogP contribution in [-0.4, -0.2) is 22.5 Å². The zero-order chi connectivity index (χ0) is 31.2. The predicted molar refractivity (Wildman–Crippen MR) is 197 cm³/mol. The van der Waals surface area contributed by atoms with Gasteiger partial charge in [0.1, 0.15) is 6.17 Å². The van der Waals surface area contributed by atoms with Gasteiger partial charge >= 0.3 is 0 Å². The summed E-state index contributed by atoms with van der Waals surface area (Å²) in [5.41, 5.74) is 1.43. The van der Waals surface area contributed by atoms with Gasteiger partial charge in [-0.1, -0.05) is 211 Å². The number of benzene rings is 1. The molecule has 1 aromatic rings. The molecule has 0 fully saturated rings. The second-order valence-corrected chi connectivity index (χ2v) is 14.2. The minimum atomic E-state index is 0.551. The summed E-state index contributed by atoms with van der Waals surface area (Å²) in [6.45, 7) is 6.88. The molecule has 1 aliphatic rings. The van der Waals surface area contributed by atoms with Crippen molar-refractivity contribution in [3.8, 4) is 0 Å². The second-order valence-electron chi connectivity index (χ2n) is 14.2. The number of hydrogen-bond donors (Lipinski definition) is 0. The van der Waals surface area contributed by atoms with Crippen LogP contribution in [-0.2, 0) is 6.54 Å². The fourth-order valence-electron chi connectivity index (χ4n) is 7.08. The minimum Gasteiger partial charge on any atom is -0.356 e. The summed E-state index contributed by atoms with van der Waals surface area (Å²) in [4.78, 5) is 5.28. The van der Waals surface area contributed by atoms with Gasteiger partial charge in [0, 0.05) is 25.5 Å². The third kappa shape index (κ3) is 20.6. The SMILES string of the molecule is CCCCCCCCCCCCCCCCCCCN1C=CN(Cc2ccccc2)C1CCCCCCCCCCCCC. The molecule has 0 N–H and O–H groups in total. The number of hydrogen-bond acceptors (Lipinski definition) is 2. The molecule has 1 unspecified atom stereocenters. The Bertz CT molecular complexity index is 743. The van der Waals surface area contributed by atoms with E-state index in [1.54, 1.807) is 0 Å². The summed E-state index contributed by atoms with van der Waals surface area (Å²) < 4.78 is 0. The van der Waals surface area contributed by atoms with Gasteiger partial charge in [-0.05, 0) is 24.8 Å². The summed E-state index contributed by atoms with van der Waals surface area (Å²) in [7, 11) is 0. The highest BCUT2D eigenvalue weighted by atomic mass is 15.4. The van der Waals surface area contributed by atoms with Gasteiger partial charge in [-0.3, -0.25) is 0 Å². The standard InChI is InChI=1S/C42H76N2/c1-3-5-7-9-11-13-15-16-17-18-19-20-22-24-26-28-33-37-43-38-39-44(40-41-34-30-29-31-35-41)42(43)36-32-27-25-23-21-14-12-10-8-6-4-2/h29-31,34-35,38-39,42H,3-28,32-33,36-37,40H2,1-2H3. The molecule has 0 saturated carbocycles. The zero-order valence-electron chi connectivity index (χ0n) is 29.9. The molecular formula is C42H76N2. The van der Waals surface area contributed by atoms with Crippen molar-refractivity contribution in [1.29, 1.82) is 0 Å². The summed E-state index contributed by atoms with van der Waals surface area (Å²) >= 11 is 0. The van der Waals surface area contributed by atoms with E-state index < -0.39 is 0 Å². The second kappa shape index (κ2) is 29.0. The third-order valence-electron chi connectivity index (χ3n) is 10.0. The average molecular weight is 609 g/mol. The van der Waals surface area contributed by atoms with Crippen LogP contribution < -0.4 is 0 Å². The first-order valence-electron chi connectivity index (χ1n) is 20.1. The van der Waals surface area contributed by atoms with Crippen molar-refractivity contribution < 1.29 is 0 Å².